The van der Waals surface area contributed by atoms with Crippen LogP contribution in [0.3, 0.4) is 0 Å². The fraction of sp³-hybridized carbons (Fsp3) is 0.480. The van der Waals surface area contributed by atoms with Crippen molar-refractivity contribution in [2.75, 3.05) is 18.5 Å². The molecule has 0 N–H and O–H groups in total. The van der Waals surface area contributed by atoms with Gasteiger partial charge in [0.1, 0.15) is 16.5 Å². The Labute approximate surface area is 189 Å². The number of carbonyl (C=O) groups is 1. The first kappa shape index (κ1) is 21.8. The van der Waals surface area contributed by atoms with E-state index >= 15 is 0 Å². The molecule has 3 aromatic rings. The highest BCUT2D eigenvalue weighted by atomic mass is 32.1. The molecule has 6 heteroatoms. The van der Waals surface area contributed by atoms with Crippen LogP contribution >= 0.6 is 11.3 Å². The molecule has 0 bridgehead atoms. The first-order valence-electron chi connectivity index (χ1n) is 11.2. The van der Waals surface area contributed by atoms with Crippen LogP contribution in [0.2, 0.25) is 0 Å². The normalized spacial score (nSPS) is 16.9. The molecule has 3 heterocycles. The number of rotatable bonds is 4. The number of hydrogen-bond acceptors (Lipinski definition) is 5. The Hall–Kier alpha value is -2.47. The minimum atomic E-state index is 0.139. The lowest BCUT2D eigenvalue weighted by Crippen LogP contribution is -2.41. The number of amides is 1. The zero-order valence-corrected chi connectivity index (χ0v) is 20.2. The molecule has 1 fully saturated rings. The number of nitrogens with zero attached hydrogens (tertiary/aromatic N) is 4. The van der Waals surface area contributed by atoms with E-state index in [1.165, 1.54) is 23.3 Å². The molecule has 1 aliphatic heterocycles. The Kier molecular flexibility index (Phi) is 6.02. The number of aromatic nitrogens is 2. The van der Waals surface area contributed by atoms with Gasteiger partial charge in [0, 0.05) is 25.3 Å². The minimum absolute atomic E-state index is 0.139. The Balaban J connectivity index is 1.77. The first-order chi connectivity index (χ1) is 14.8. The van der Waals surface area contributed by atoms with Crippen molar-refractivity contribution >= 4 is 39.0 Å². The predicted molar refractivity (Wildman–Crippen MR) is 130 cm³/mol. The fourth-order valence-corrected chi connectivity index (χ4v) is 5.58. The van der Waals surface area contributed by atoms with Gasteiger partial charge in [-0.05, 0) is 69.2 Å². The van der Waals surface area contributed by atoms with Crippen molar-refractivity contribution in [3.05, 3.63) is 46.1 Å². The Morgan fingerprint density at radius 2 is 1.87 bits per heavy atom. The van der Waals surface area contributed by atoms with E-state index in [0.29, 0.717) is 12.0 Å². The fourth-order valence-electron chi connectivity index (χ4n) is 4.40. The van der Waals surface area contributed by atoms with Crippen LogP contribution in [0.5, 0.6) is 0 Å². The van der Waals surface area contributed by atoms with Gasteiger partial charge < -0.3 is 9.80 Å². The molecule has 0 radical (unpaired) electrons. The molecule has 1 atom stereocenters. The van der Waals surface area contributed by atoms with E-state index in [9.17, 15) is 4.79 Å². The summed E-state index contributed by atoms with van der Waals surface area (Å²) in [6.45, 7) is 11.4. The van der Waals surface area contributed by atoms with E-state index in [1.54, 1.807) is 0 Å². The highest BCUT2D eigenvalue weighted by Crippen LogP contribution is 2.38. The van der Waals surface area contributed by atoms with Crippen LogP contribution in [0.4, 0.5) is 11.5 Å². The molecule has 1 aromatic carbocycles. The van der Waals surface area contributed by atoms with E-state index in [2.05, 4.69) is 54.9 Å². The number of fused-ring (bicyclic) bond motifs is 1. The van der Waals surface area contributed by atoms with Crippen LogP contribution in [-0.2, 0) is 0 Å². The van der Waals surface area contributed by atoms with Crippen LogP contribution in [0.1, 0.15) is 72.6 Å². The summed E-state index contributed by atoms with van der Waals surface area (Å²) in [5.74, 6) is 2.22. The maximum atomic E-state index is 13.4. The molecule has 0 aliphatic carbocycles. The van der Waals surface area contributed by atoms with Gasteiger partial charge in [0.05, 0.1) is 10.3 Å². The van der Waals surface area contributed by atoms with E-state index < -0.39 is 0 Å². The van der Waals surface area contributed by atoms with E-state index in [4.69, 9.17) is 4.98 Å². The largest absolute Gasteiger partial charge is 0.335 e. The second-order valence-corrected chi connectivity index (χ2v) is 9.98. The van der Waals surface area contributed by atoms with E-state index in [0.717, 1.165) is 57.4 Å². The second kappa shape index (κ2) is 8.58. The standard InChI is InChI=1S/C25H32N4OS/c1-15(2)19-10-12-20(13-11-19)28(6)23-21-17(4)22(31-24(21)27-18(5)26-23)25(30)29-14-8-7-9-16(29)3/h10-13,15-16H,7-9,14H2,1-6H3. The number of benzene rings is 1. The van der Waals surface area contributed by atoms with E-state index in [1.807, 2.05) is 25.8 Å². The molecule has 0 spiro atoms. The van der Waals surface area contributed by atoms with Crippen molar-refractivity contribution in [3.8, 4) is 0 Å². The number of carbonyl (C=O) groups excluding carboxylic acids is 1. The molecule has 31 heavy (non-hydrogen) atoms. The van der Waals surface area contributed by atoms with Gasteiger partial charge in [-0.1, -0.05) is 26.0 Å². The van der Waals surface area contributed by atoms with E-state index in [-0.39, 0.29) is 5.91 Å². The SMILES string of the molecule is Cc1nc(N(C)c2ccc(C(C)C)cc2)c2c(C)c(C(=O)N3CCCCC3C)sc2n1. The third-order valence-corrected chi connectivity index (χ3v) is 7.58. The smallest absolute Gasteiger partial charge is 0.264 e. The van der Waals surface area contributed by atoms with Crippen LogP contribution in [-0.4, -0.2) is 40.4 Å². The molecule has 1 unspecified atom stereocenters. The van der Waals surface area contributed by atoms with Crippen molar-refractivity contribution in [2.45, 2.75) is 65.8 Å². The average Bonchev–Trinajstić information content (AvgIpc) is 3.08. The third-order valence-electron chi connectivity index (χ3n) is 6.41. The molecule has 5 nitrogen and oxygen atoms in total. The van der Waals surface area contributed by atoms with Crippen molar-refractivity contribution in [3.63, 3.8) is 0 Å². The quantitative estimate of drug-likeness (QED) is 0.487. The molecule has 0 saturated carbocycles. The summed E-state index contributed by atoms with van der Waals surface area (Å²) in [4.78, 5) is 28.7. The summed E-state index contributed by atoms with van der Waals surface area (Å²) >= 11 is 1.51. The summed E-state index contributed by atoms with van der Waals surface area (Å²) in [6.07, 6.45) is 3.36. The number of aryl methyl sites for hydroxylation is 2. The molecule has 1 amide bonds. The maximum Gasteiger partial charge on any atom is 0.264 e. The highest BCUT2D eigenvalue weighted by Gasteiger charge is 2.29. The lowest BCUT2D eigenvalue weighted by atomic mass is 10.0. The van der Waals surface area contributed by atoms with Gasteiger partial charge in [0.15, 0.2) is 0 Å². The van der Waals surface area contributed by atoms with Gasteiger partial charge in [0.2, 0.25) is 0 Å². The lowest BCUT2D eigenvalue weighted by molar-refractivity contribution is 0.0640. The van der Waals surface area contributed by atoms with Gasteiger partial charge in [-0.3, -0.25) is 4.79 Å². The third kappa shape index (κ3) is 4.05. The summed E-state index contributed by atoms with van der Waals surface area (Å²) in [6, 6.07) is 8.92. The molecule has 164 valence electrons. The molecule has 2 aromatic heterocycles. The van der Waals surface area contributed by atoms with Crippen LogP contribution in [0.15, 0.2) is 24.3 Å². The number of anilines is 2. The monoisotopic (exact) mass is 436 g/mol. The van der Waals surface area contributed by atoms with Crippen LogP contribution in [0.25, 0.3) is 10.2 Å². The van der Waals surface area contributed by atoms with Gasteiger partial charge in [-0.25, -0.2) is 9.97 Å². The van der Waals surface area contributed by atoms with Crippen molar-refractivity contribution in [2.24, 2.45) is 0 Å². The predicted octanol–water partition coefficient (Wildman–Crippen LogP) is 6.21. The van der Waals surface area contributed by atoms with Gasteiger partial charge in [-0.15, -0.1) is 11.3 Å². The Morgan fingerprint density at radius 3 is 2.52 bits per heavy atom. The zero-order valence-electron chi connectivity index (χ0n) is 19.4. The molecular formula is C25H32N4OS. The Morgan fingerprint density at radius 1 is 1.16 bits per heavy atom. The van der Waals surface area contributed by atoms with Crippen LogP contribution < -0.4 is 4.90 Å². The maximum absolute atomic E-state index is 13.4. The lowest BCUT2D eigenvalue weighted by Gasteiger charge is -2.33. The molecular weight excluding hydrogens is 404 g/mol. The van der Waals surface area contributed by atoms with Gasteiger partial charge in [0.25, 0.3) is 5.91 Å². The molecule has 1 saturated heterocycles. The van der Waals surface area contributed by atoms with Gasteiger partial charge >= 0.3 is 0 Å². The highest BCUT2D eigenvalue weighted by molar-refractivity contribution is 7.20. The van der Waals surface area contributed by atoms with Crippen LogP contribution in [0, 0.1) is 13.8 Å². The number of likely N-dealkylation sites (tertiary alicyclic amines) is 1. The van der Waals surface area contributed by atoms with Gasteiger partial charge in [-0.2, -0.15) is 0 Å². The minimum Gasteiger partial charge on any atom is -0.335 e. The number of hydrogen-bond donors (Lipinski definition) is 0. The topological polar surface area (TPSA) is 49.3 Å². The summed E-state index contributed by atoms with van der Waals surface area (Å²) in [5.41, 5.74) is 3.38. The van der Waals surface area contributed by atoms with Crippen molar-refractivity contribution in [1.29, 1.82) is 0 Å². The van der Waals surface area contributed by atoms with Crippen molar-refractivity contribution < 1.29 is 4.79 Å². The summed E-state index contributed by atoms with van der Waals surface area (Å²) in [5, 5.41) is 0.985. The molecule has 1 aliphatic rings. The summed E-state index contributed by atoms with van der Waals surface area (Å²) < 4.78 is 0. The number of thiophene rings is 1. The molecule has 4 rings (SSSR count). The summed E-state index contributed by atoms with van der Waals surface area (Å²) in [7, 11) is 2.04. The second-order valence-electron chi connectivity index (χ2n) is 8.98. The zero-order chi connectivity index (χ0) is 22.3. The van der Waals surface area contributed by atoms with Crippen molar-refractivity contribution in [1.82, 2.24) is 14.9 Å². The average molecular weight is 437 g/mol. The Bertz CT molecular complexity index is 1100. The number of piperidine rings is 1. The first-order valence-corrected chi connectivity index (χ1v) is 12.0.